The molecule has 7 heteroatoms. The Hall–Kier alpha value is 0.900. The Labute approximate surface area is 132 Å². The smallest absolute Gasteiger partial charge is 1.00 e. The van der Waals surface area contributed by atoms with Crippen molar-refractivity contribution in [1.82, 2.24) is 0 Å². The van der Waals surface area contributed by atoms with Gasteiger partial charge in [-0.25, -0.2) is 4.79 Å². The van der Waals surface area contributed by atoms with Crippen molar-refractivity contribution in [3.63, 3.8) is 0 Å². The van der Waals surface area contributed by atoms with Gasteiger partial charge in [0.1, 0.15) is 0 Å². The number of benzene rings is 1. The van der Waals surface area contributed by atoms with Crippen LogP contribution in [-0.4, -0.2) is 5.97 Å². The van der Waals surface area contributed by atoms with Crippen molar-refractivity contribution in [2.24, 2.45) is 0 Å². The second-order valence-corrected chi connectivity index (χ2v) is 2.45. The first-order valence-electron chi connectivity index (χ1n) is 3.03. The van der Waals surface area contributed by atoms with Gasteiger partial charge in [-0.3, -0.25) is 0 Å². The van der Waals surface area contributed by atoms with E-state index in [1.807, 2.05) is 0 Å². The average Bonchev–Trinajstić information content (AvgIpc) is 2.05. The van der Waals surface area contributed by atoms with E-state index in [9.17, 15) is 14.1 Å². The van der Waals surface area contributed by atoms with Crippen molar-refractivity contribution >= 4 is 5.97 Å². The van der Waals surface area contributed by atoms with Crippen LogP contribution in [0.2, 0.25) is 0 Å². The van der Waals surface area contributed by atoms with E-state index in [1.165, 1.54) is 12.1 Å². The normalized spacial score (nSPS) is 8.50. The molecule has 0 heterocycles. The third kappa shape index (κ3) is 6.40. The molecule has 0 radical (unpaired) electrons. The Morgan fingerprint density at radius 1 is 1.21 bits per heavy atom. The van der Waals surface area contributed by atoms with Crippen LogP contribution in [-0.2, 0) is 4.29 Å². The molecule has 0 aromatic heterocycles. The maximum absolute atomic E-state index is 10.8. The SMILES string of the molecule is O=C(O[Cl+2]([O-])[O-])c1ccccc1.[H-].[H-].[Na+].[Na+]. The van der Waals surface area contributed by atoms with E-state index in [0.29, 0.717) is 0 Å². The standard InChI is InChI=1S/C7H5ClO4.2Na.2H/c9-7(12-8(10)11)6-4-2-1-3-5-6;;;;/h1-5H;;;;/q;2*+1;2*-1. The Kier molecular flexibility index (Phi) is 11.3. The largest absolute Gasteiger partial charge is 1.00 e. The van der Waals surface area contributed by atoms with Crippen LogP contribution < -0.4 is 68.4 Å². The van der Waals surface area contributed by atoms with E-state index < -0.39 is 16.8 Å². The molecule has 1 rings (SSSR count). The molecule has 0 saturated carbocycles. The molecular formula is C7H7ClNa2O4. The topological polar surface area (TPSA) is 72.4 Å². The van der Waals surface area contributed by atoms with E-state index >= 15 is 0 Å². The van der Waals surface area contributed by atoms with E-state index in [4.69, 9.17) is 0 Å². The van der Waals surface area contributed by atoms with Gasteiger partial charge in [-0.15, -0.1) is 0 Å². The van der Waals surface area contributed by atoms with Crippen LogP contribution >= 0.6 is 0 Å². The van der Waals surface area contributed by atoms with Gasteiger partial charge in [0.25, 0.3) is 0 Å². The molecule has 0 saturated heterocycles. The van der Waals surface area contributed by atoms with Gasteiger partial charge in [-0.05, 0) is 12.1 Å². The molecule has 0 spiro atoms. The summed E-state index contributed by atoms with van der Waals surface area (Å²) in [4.78, 5) is 10.8. The second-order valence-electron chi connectivity index (χ2n) is 1.92. The minimum atomic E-state index is -2.48. The molecule has 14 heavy (non-hydrogen) atoms. The molecular weight excluding hydrogens is 230 g/mol. The number of carbonyl (C=O) groups excluding carboxylic acids is 1. The number of hydrogen-bond donors (Lipinski definition) is 0. The van der Waals surface area contributed by atoms with Crippen LogP contribution in [0, 0.1) is 10.8 Å². The molecule has 0 amide bonds. The Morgan fingerprint density at radius 2 is 1.71 bits per heavy atom. The fourth-order valence-corrected chi connectivity index (χ4v) is 0.880. The van der Waals surface area contributed by atoms with Crippen LogP contribution in [0.1, 0.15) is 13.2 Å². The summed E-state index contributed by atoms with van der Waals surface area (Å²) >= 11 is 0. The van der Waals surface area contributed by atoms with Crippen molar-refractivity contribution in [3.8, 4) is 0 Å². The first-order valence-corrected chi connectivity index (χ1v) is 3.96. The van der Waals surface area contributed by atoms with Gasteiger partial charge in [0.15, 0.2) is 0 Å². The first-order chi connectivity index (χ1) is 5.70. The second kappa shape index (κ2) is 9.15. The molecule has 0 atom stereocenters. The first kappa shape index (κ1) is 17.3. The zero-order valence-electron chi connectivity index (χ0n) is 9.90. The fourth-order valence-electron chi connectivity index (χ4n) is 0.676. The average molecular weight is 237 g/mol. The number of carbonyl (C=O) groups is 1. The van der Waals surface area contributed by atoms with Crippen LogP contribution in [0.4, 0.5) is 0 Å². The molecule has 0 N–H and O–H groups in total. The monoisotopic (exact) mass is 236 g/mol. The Bertz CT molecular complexity index is 276. The van der Waals surface area contributed by atoms with Crippen molar-refractivity contribution in [3.05, 3.63) is 35.9 Å². The van der Waals surface area contributed by atoms with Crippen LogP contribution in [0.15, 0.2) is 30.3 Å². The summed E-state index contributed by atoms with van der Waals surface area (Å²) in [6.07, 6.45) is 0. The minimum Gasteiger partial charge on any atom is -1.00 e. The van der Waals surface area contributed by atoms with Gasteiger partial charge < -0.3 is 12.2 Å². The maximum Gasteiger partial charge on any atom is 1.00 e. The molecule has 4 nitrogen and oxygen atoms in total. The molecule has 0 unspecified atom stereocenters. The Morgan fingerprint density at radius 3 is 2.14 bits per heavy atom. The zero-order valence-corrected chi connectivity index (χ0v) is 12.7. The number of hydrogen-bond acceptors (Lipinski definition) is 4. The quantitative estimate of drug-likeness (QED) is 0.479. The van der Waals surface area contributed by atoms with E-state index in [-0.39, 0.29) is 67.5 Å². The summed E-state index contributed by atoms with van der Waals surface area (Å²) in [6.45, 7) is 0. The van der Waals surface area contributed by atoms with Crippen molar-refractivity contribution in [2.75, 3.05) is 0 Å². The summed E-state index contributed by atoms with van der Waals surface area (Å²) < 4.78 is 23.7. The predicted molar refractivity (Wildman–Crippen MR) is 34.1 cm³/mol. The van der Waals surface area contributed by atoms with Crippen LogP contribution in [0.3, 0.4) is 0 Å². The summed E-state index contributed by atoms with van der Waals surface area (Å²) in [7, 11) is -2.48. The summed E-state index contributed by atoms with van der Waals surface area (Å²) in [5.74, 6) is -0.888. The third-order valence-electron chi connectivity index (χ3n) is 1.14. The summed E-state index contributed by atoms with van der Waals surface area (Å²) in [6, 6.07) is 7.86. The Balaban J connectivity index is -0.000000180. The fraction of sp³-hybridized carbons (Fsp3) is 0. The van der Waals surface area contributed by atoms with Gasteiger partial charge in [0.2, 0.25) is 0 Å². The number of rotatable bonds is 2. The summed E-state index contributed by atoms with van der Waals surface area (Å²) in [5.41, 5.74) is 0.201. The van der Waals surface area contributed by atoms with Gasteiger partial charge in [0.05, 0.1) is 5.56 Å². The van der Waals surface area contributed by atoms with Crippen LogP contribution in [0.25, 0.3) is 0 Å². The molecule has 0 aliphatic heterocycles. The van der Waals surface area contributed by atoms with Crippen LogP contribution in [0.5, 0.6) is 0 Å². The third-order valence-corrected chi connectivity index (χ3v) is 1.41. The van der Waals surface area contributed by atoms with Crippen molar-refractivity contribution < 1.29 is 91.2 Å². The number of halogens is 1. The molecule has 0 bridgehead atoms. The van der Waals surface area contributed by atoms with E-state index in [1.54, 1.807) is 18.2 Å². The molecule has 0 fully saturated rings. The predicted octanol–water partition coefficient (Wildman–Crippen LogP) is -6.84. The van der Waals surface area contributed by atoms with Gasteiger partial charge in [-0.2, -0.15) is 0 Å². The molecule has 1 aromatic carbocycles. The van der Waals surface area contributed by atoms with Gasteiger partial charge in [0, 0.05) is 0 Å². The van der Waals surface area contributed by atoms with E-state index in [2.05, 4.69) is 4.29 Å². The van der Waals surface area contributed by atoms with E-state index in [0.717, 1.165) is 0 Å². The minimum absolute atomic E-state index is 0. The summed E-state index contributed by atoms with van der Waals surface area (Å²) in [5, 5.41) is 0. The van der Waals surface area contributed by atoms with Crippen molar-refractivity contribution in [2.45, 2.75) is 0 Å². The molecule has 0 aliphatic rings. The van der Waals surface area contributed by atoms with Gasteiger partial charge in [-0.1, -0.05) is 22.5 Å². The molecule has 68 valence electrons. The van der Waals surface area contributed by atoms with Crippen molar-refractivity contribution in [1.29, 1.82) is 0 Å². The molecule has 1 aromatic rings. The van der Waals surface area contributed by atoms with Gasteiger partial charge >= 0.3 is 75.9 Å². The molecule has 0 aliphatic carbocycles. The zero-order chi connectivity index (χ0) is 8.97. The maximum atomic E-state index is 10.8.